The van der Waals surface area contributed by atoms with E-state index < -0.39 is 11.0 Å². The summed E-state index contributed by atoms with van der Waals surface area (Å²) in [5.74, 6) is -0.0632. The van der Waals surface area contributed by atoms with E-state index in [1.807, 2.05) is 20.8 Å². The Kier molecular flexibility index (Phi) is 5.47. The molecule has 0 unspecified atom stereocenters. The van der Waals surface area contributed by atoms with Crippen LogP contribution in [0.1, 0.15) is 91.2 Å². The first kappa shape index (κ1) is 19.0. The fraction of sp³-hybridized carbons (Fsp3) is 0.682. The molecular formula is C22H34O2. The van der Waals surface area contributed by atoms with Crippen LogP contribution in [0.15, 0.2) is 24.3 Å². The van der Waals surface area contributed by atoms with Gasteiger partial charge in [0.25, 0.3) is 0 Å². The van der Waals surface area contributed by atoms with Gasteiger partial charge in [0.15, 0.2) is 0 Å². The molecule has 0 aromatic heterocycles. The average molecular weight is 331 g/mol. The Morgan fingerprint density at radius 3 is 2.00 bits per heavy atom. The van der Waals surface area contributed by atoms with Crippen molar-refractivity contribution in [2.45, 2.75) is 91.1 Å². The second-order valence-corrected chi connectivity index (χ2v) is 9.01. The van der Waals surface area contributed by atoms with Gasteiger partial charge in [-0.1, -0.05) is 58.4 Å². The minimum Gasteiger partial charge on any atom is -0.454 e. The molecule has 0 bridgehead atoms. The van der Waals surface area contributed by atoms with Gasteiger partial charge in [0.1, 0.15) is 5.60 Å². The molecule has 134 valence electrons. The van der Waals surface area contributed by atoms with Crippen LogP contribution in [0.25, 0.3) is 0 Å². The van der Waals surface area contributed by atoms with Gasteiger partial charge in [-0.15, -0.1) is 0 Å². The van der Waals surface area contributed by atoms with Crippen molar-refractivity contribution < 1.29 is 9.53 Å². The summed E-state index contributed by atoms with van der Waals surface area (Å²) < 4.78 is 6.21. The third kappa shape index (κ3) is 4.02. The lowest BCUT2D eigenvalue weighted by molar-refractivity contribution is -0.176. The van der Waals surface area contributed by atoms with Gasteiger partial charge >= 0.3 is 5.97 Å². The fourth-order valence-corrected chi connectivity index (χ4v) is 3.31. The molecule has 24 heavy (non-hydrogen) atoms. The van der Waals surface area contributed by atoms with Crippen molar-refractivity contribution in [3.05, 3.63) is 35.4 Å². The lowest BCUT2D eigenvalue weighted by Crippen LogP contribution is -2.39. The van der Waals surface area contributed by atoms with E-state index in [0.29, 0.717) is 0 Å². The van der Waals surface area contributed by atoms with Crippen LogP contribution in [0.3, 0.4) is 0 Å². The van der Waals surface area contributed by atoms with Crippen LogP contribution in [0.2, 0.25) is 0 Å². The van der Waals surface area contributed by atoms with Gasteiger partial charge < -0.3 is 4.74 Å². The van der Waals surface area contributed by atoms with Gasteiger partial charge in [-0.25, -0.2) is 0 Å². The van der Waals surface area contributed by atoms with E-state index >= 15 is 0 Å². The van der Waals surface area contributed by atoms with Crippen molar-refractivity contribution in [2.24, 2.45) is 5.41 Å². The van der Waals surface area contributed by atoms with Crippen LogP contribution in [0, 0.1) is 5.41 Å². The average Bonchev–Trinajstić information content (AvgIpc) is 2.55. The summed E-state index contributed by atoms with van der Waals surface area (Å²) in [7, 11) is 0. The van der Waals surface area contributed by atoms with Gasteiger partial charge in [0.05, 0.1) is 5.41 Å². The lowest BCUT2D eigenvalue weighted by atomic mass is 9.77. The first-order chi connectivity index (χ1) is 11.1. The molecule has 0 heterocycles. The van der Waals surface area contributed by atoms with E-state index in [4.69, 9.17) is 4.74 Å². The highest BCUT2D eigenvalue weighted by atomic mass is 16.6. The highest BCUT2D eigenvalue weighted by molar-refractivity contribution is 5.76. The minimum absolute atomic E-state index is 0.0632. The molecule has 0 amide bonds. The molecule has 2 rings (SSSR count). The molecular weight excluding hydrogens is 296 g/mol. The standard InChI is InChI=1S/C22H34O2/c1-7-21(5,6)19(23)24-22(15-9-8-10-16-22)18-13-11-17(12-14-18)20(2,3)4/h11-14H,7-10,15-16H2,1-6H3. The van der Waals surface area contributed by atoms with Crippen LogP contribution in [-0.4, -0.2) is 5.97 Å². The highest BCUT2D eigenvalue weighted by Gasteiger charge is 2.41. The predicted molar refractivity (Wildman–Crippen MR) is 100 cm³/mol. The largest absolute Gasteiger partial charge is 0.454 e. The Bertz CT molecular complexity index is 555. The molecule has 0 aliphatic heterocycles. The molecule has 0 radical (unpaired) electrons. The summed E-state index contributed by atoms with van der Waals surface area (Å²) in [5.41, 5.74) is 1.76. The maximum absolute atomic E-state index is 12.7. The number of hydrogen-bond donors (Lipinski definition) is 0. The Morgan fingerprint density at radius 2 is 1.54 bits per heavy atom. The van der Waals surface area contributed by atoms with E-state index in [1.54, 1.807) is 0 Å². The summed E-state index contributed by atoms with van der Waals surface area (Å²) in [6.45, 7) is 12.7. The zero-order valence-electron chi connectivity index (χ0n) is 16.4. The molecule has 2 heteroatoms. The summed E-state index contributed by atoms with van der Waals surface area (Å²) in [5, 5.41) is 0. The van der Waals surface area contributed by atoms with E-state index in [2.05, 4.69) is 45.0 Å². The third-order valence-corrected chi connectivity index (χ3v) is 5.66. The molecule has 1 saturated carbocycles. The molecule has 0 N–H and O–H groups in total. The van der Waals surface area contributed by atoms with Crippen molar-refractivity contribution >= 4 is 5.97 Å². The Labute approximate surface area is 148 Å². The molecule has 1 aliphatic rings. The van der Waals surface area contributed by atoms with E-state index in [-0.39, 0.29) is 11.4 Å². The molecule has 0 spiro atoms. The number of rotatable bonds is 4. The maximum atomic E-state index is 12.7. The highest BCUT2D eigenvalue weighted by Crippen LogP contribution is 2.42. The zero-order chi connectivity index (χ0) is 18.0. The molecule has 0 saturated heterocycles. The topological polar surface area (TPSA) is 26.3 Å². The number of esters is 1. The smallest absolute Gasteiger partial charge is 0.312 e. The Balaban J connectivity index is 2.33. The first-order valence-corrected chi connectivity index (χ1v) is 9.45. The normalized spacial score (nSPS) is 18.2. The maximum Gasteiger partial charge on any atom is 0.312 e. The van der Waals surface area contributed by atoms with E-state index in [9.17, 15) is 4.79 Å². The van der Waals surface area contributed by atoms with Crippen molar-refractivity contribution in [3.8, 4) is 0 Å². The van der Waals surface area contributed by atoms with Crippen LogP contribution >= 0.6 is 0 Å². The summed E-state index contributed by atoms with van der Waals surface area (Å²) in [6, 6.07) is 8.76. The van der Waals surface area contributed by atoms with E-state index in [0.717, 1.165) is 37.7 Å². The Hall–Kier alpha value is -1.31. The molecule has 1 fully saturated rings. The number of ether oxygens (including phenoxy) is 1. The van der Waals surface area contributed by atoms with Crippen LogP contribution < -0.4 is 0 Å². The fourth-order valence-electron chi connectivity index (χ4n) is 3.31. The van der Waals surface area contributed by atoms with Crippen molar-refractivity contribution in [3.63, 3.8) is 0 Å². The lowest BCUT2D eigenvalue weighted by Gasteiger charge is -2.39. The van der Waals surface area contributed by atoms with Gasteiger partial charge in [-0.05, 0) is 62.5 Å². The number of benzene rings is 1. The van der Waals surface area contributed by atoms with Gasteiger partial charge in [0.2, 0.25) is 0 Å². The number of hydrogen-bond acceptors (Lipinski definition) is 2. The zero-order valence-corrected chi connectivity index (χ0v) is 16.4. The predicted octanol–water partition coefficient (Wildman–Crippen LogP) is 6.12. The summed E-state index contributed by atoms with van der Waals surface area (Å²) in [4.78, 5) is 12.7. The SMILES string of the molecule is CCC(C)(C)C(=O)OC1(c2ccc(C(C)(C)C)cc2)CCCCC1. The van der Waals surface area contributed by atoms with Crippen LogP contribution in [0.5, 0.6) is 0 Å². The van der Waals surface area contributed by atoms with Crippen LogP contribution in [-0.2, 0) is 20.5 Å². The second kappa shape index (κ2) is 6.90. The number of carbonyl (C=O) groups is 1. The van der Waals surface area contributed by atoms with Crippen molar-refractivity contribution in [2.75, 3.05) is 0 Å². The summed E-state index contributed by atoms with van der Waals surface area (Å²) >= 11 is 0. The minimum atomic E-state index is -0.432. The third-order valence-electron chi connectivity index (χ3n) is 5.66. The molecule has 1 aromatic rings. The second-order valence-electron chi connectivity index (χ2n) is 9.01. The first-order valence-electron chi connectivity index (χ1n) is 9.45. The van der Waals surface area contributed by atoms with Crippen molar-refractivity contribution in [1.82, 2.24) is 0 Å². The molecule has 0 atom stereocenters. The van der Waals surface area contributed by atoms with Crippen molar-refractivity contribution in [1.29, 1.82) is 0 Å². The van der Waals surface area contributed by atoms with Gasteiger partial charge in [-0.2, -0.15) is 0 Å². The van der Waals surface area contributed by atoms with E-state index in [1.165, 1.54) is 12.0 Å². The molecule has 1 aromatic carbocycles. The number of carbonyl (C=O) groups excluding carboxylic acids is 1. The van der Waals surface area contributed by atoms with Gasteiger partial charge in [0, 0.05) is 0 Å². The van der Waals surface area contributed by atoms with Crippen LogP contribution in [0.4, 0.5) is 0 Å². The van der Waals surface area contributed by atoms with Gasteiger partial charge in [-0.3, -0.25) is 4.79 Å². The monoisotopic (exact) mass is 330 g/mol. The Morgan fingerprint density at radius 1 is 1.00 bits per heavy atom. The summed E-state index contributed by atoms with van der Waals surface area (Å²) in [6.07, 6.45) is 6.16. The molecule has 2 nitrogen and oxygen atoms in total. The molecule has 1 aliphatic carbocycles. The quantitative estimate of drug-likeness (QED) is 0.621.